The Morgan fingerprint density at radius 1 is 0.362 bits per heavy atom. The van der Waals surface area contributed by atoms with E-state index in [9.17, 15) is 0 Å². The lowest BCUT2D eigenvalue weighted by molar-refractivity contribution is 1.29. The molecule has 1 heteroatoms. The molecular weight excluding hydrogens is 567 g/mol. The van der Waals surface area contributed by atoms with Gasteiger partial charge in [0.1, 0.15) is 0 Å². The SMILES string of the molecule is C(=C(c1cccc2ccccc12)c1cccc2ccccc12)c1ccc(N2c3ccccc3-c3ccccc3-c3ccccc32)cc1. The van der Waals surface area contributed by atoms with Crippen LogP contribution in [0.25, 0.3) is 55.4 Å². The summed E-state index contributed by atoms with van der Waals surface area (Å²) in [7, 11) is 0. The van der Waals surface area contributed by atoms with Crippen molar-refractivity contribution in [3.8, 4) is 22.3 Å². The Kier molecular flexibility index (Phi) is 6.54. The van der Waals surface area contributed by atoms with E-state index >= 15 is 0 Å². The number of hydrogen-bond donors (Lipinski definition) is 0. The van der Waals surface area contributed by atoms with Crippen LogP contribution < -0.4 is 4.90 Å². The molecule has 0 atom stereocenters. The lowest BCUT2D eigenvalue weighted by Gasteiger charge is -2.27. The van der Waals surface area contributed by atoms with Crippen LogP contribution in [0, 0.1) is 0 Å². The van der Waals surface area contributed by atoms with Crippen molar-refractivity contribution in [2.45, 2.75) is 0 Å². The Balaban J connectivity index is 1.22. The summed E-state index contributed by atoms with van der Waals surface area (Å²) >= 11 is 0. The number of nitrogens with zero attached hydrogens (tertiary/aromatic N) is 1. The fraction of sp³-hybridized carbons (Fsp3) is 0. The zero-order valence-corrected chi connectivity index (χ0v) is 25.8. The molecule has 0 radical (unpaired) electrons. The molecule has 8 aromatic rings. The van der Waals surface area contributed by atoms with Gasteiger partial charge in [-0.1, -0.05) is 158 Å². The van der Waals surface area contributed by atoms with E-state index in [0.29, 0.717) is 0 Å². The van der Waals surface area contributed by atoms with Crippen LogP contribution in [0.3, 0.4) is 0 Å². The average molecular weight is 598 g/mol. The maximum atomic E-state index is 2.41. The second kappa shape index (κ2) is 11.3. The number of hydrogen-bond acceptors (Lipinski definition) is 1. The van der Waals surface area contributed by atoms with Crippen molar-refractivity contribution in [2.24, 2.45) is 0 Å². The molecule has 8 aromatic carbocycles. The molecule has 1 aliphatic rings. The predicted molar refractivity (Wildman–Crippen MR) is 200 cm³/mol. The van der Waals surface area contributed by atoms with Gasteiger partial charge >= 0.3 is 0 Å². The molecule has 1 nitrogen and oxygen atoms in total. The van der Waals surface area contributed by atoms with Gasteiger partial charge in [0.05, 0.1) is 11.4 Å². The third-order valence-electron chi connectivity index (χ3n) is 9.42. The summed E-state index contributed by atoms with van der Waals surface area (Å²) in [5, 5.41) is 4.99. The molecule has 0 fully saturated rings. The van der Waals surface area contributed by atoms with Crippen molar-refractivity contribution in [1.29, 1.82) is 0 Å². The fourth-order valence-corrected chi connectivity index (χ4v) is 7.26. The second-order valence-corrected chi connectivity index (χ2v) is 12.1. The number of rotatable bonds is 4. The smallest absolute Gasteiger partial charge is 0.0540 e. The largest absolute Gasteiger partial charge is 0.309 e. The number of fused-ring (bicyclic) bond motifs is 7. The Hall–Kier alpha value is -6.18. The molecule has 0 N–H and O–H groups in total. The third kappa shape index (κ3) is 4.64. The Morgan fingerprint density at radius 2 is 0.787 bits per heavy atom. The normalized spacial score (nSPS) is 11.8. The molecular formula is C46H31N. The summed E-state index contributed by atoms with van der Waals surface area (Å²) < 4.78 is 0. The summed E-state index contributed by atoms with van der Waals surface area (Å²) in [6.07, 6.45) is 2.35. The summed E-state index contributed by atoms with van der Waals surface area (Å²) in [6, 6.07) is 65.9. The summed E-state index contributed by atoms with van der Waals surface area (Å²) in [4.78, 5) is 2.41. The van der Waals surface area contributed by atoms with Gasteiger partial charge in [0.2, 0.25) is 0 Å². The molecule has 0 spiro atoms. The number of anilines is 3. The van der Waals surface area contributed by atoms with Gasteiger partial charge in [-0.25, -0.2) is 0 Å². The van der Waals surface area contributed by atoms with Gasteiger partial charge in [0.15, 0.2) is 0 Å². The van der Waals surface area contributed by atoms with Gasteiger partial charge in [-0.05, 0) is 85.3 Å². The van der Waals surface area contributed by atoms with Crippen molar-refractivity contribution < 1.29 is 0 Å². The first-order valence-electron chi connectivity index (χ1n) is 16.2. The van der Waals surface area contributed by atoms with Gasteiger partial charge in [-0.2, -0.15) is 0 Å². The van der Waals surface area contributed by atoms with E-state index in [2.05, 4.69) is 193 Å². The van der Waals surface area contributed by atoms with Crippen LogP contribution in [0.2, 0.25) is 0 Å². The molecule has 9 rings (SSSR count). The van der Waals surface area contributed by atoms with Crippen LogP contribution in [0.5, 0.6) is 0 Å². The standard InChI is InChI=1S/C46H31N/c1-3-17-36-33(13-1)15-11-23-38(36)44(39-24-12-16-34-14-2-4-18-37(34)39)31-32-27-29-35(30-28-32)47-45-25-9-7-21-42(45)40-19-5-6-20-41(40)43-22-8-10-26-46(43)47/h1-31H. The quantitative estimate of drug-likeness (QED) is 0.182. The van der Waals surface area contributed by atoms with Gasteiger partial charge in [0, 0.05) is 16.8 Å². The molecule has 0 bridgehead atoms. The average Bonchev–Trinajstić information content (AvgIpc) is 3.27. The van der Waals surface area contributed by atoms with Crippen LogP contribution in [-0.4, -0.2) is 0 Å². The van der Waals surface area contributed by atoms with E-state index in [-0.39, 0.29) is 0 Å². The molecule has 0 saturated carbocycles. The molecule has 0 aliphatic carbocycles. The highest BCUT2D eigenvalue weighted by molar-refractivity contribution is 6.08. The van der Waals surface area contributed by atoms with Crippen LogP contribution in [0.15, 0.2) is 182 Å². The molecule has 220 valence electrons. The first kappa shape index (κ1) is 27.2. The van der Waals surface area contributed by atoms with Gasteiger partial charge in [-0.15, -0.1) is 0 Å². The lowest BCUT2D eigenvalue weighted by atomic mass is 9.89. The molecule has 0 unspecified atom stereocenters. The molecule has 47 heavy (non-hydrogen) atoms. The molecule has 1 aliphatic heterocycles. The van der Waals surface area contributed by atoms with E-state index in [0.717, 1.165) is 11.3 Å². The topological polar surface area (TPSA) is 3.24 Å². The maximum Gasteiger partial charge on any atom is 0.0540 e. The van der Waals surface area contributed by atoms with E-state index in [1.54, 1.807) is 0 Å². The highest BCUT2D eigenvalue weighted by atomic mass is 15.1. The van der Waals surface area contributed by atoms with Crippen LogP contribution >= 0.6 is 0 Å². The minimum Gasteiger partial charge on any atom is -0.309 e. The summed E-state index contributed by atoms with van der Waals surface area (Å²) in [6.45, 7) is 0. The van der Waals surface area contributed by atoms with Crippen LogP contribution in [-0.2, 0) is 0 Å². The Morgan fingerprint density at radius 3 is 1.32 bits per heavy atom. The predicted octanol–water partition coefficient (Wildman–Crippen LogP) is 12.7. The van der Waals surface area contributed by atoms with Gasteiger partial charge in [-0.3, -0.25) is 0 Å². The zero-order chi connectivity index (χ0) is 31.2. The maximum absolute atomic E-state index is 2.41. The van der Waals surface area contributed by atoms with Crippen molar-refractivity contribution in [3.05, 3.63) is 199 Å². The lowest BCUT2D eigenvalue weighted by Crippen LogP contribution is -2.10. The molecule has 0 amide bonds. The highest BCUT2D eigenvalue weighted by Crippen LogP contribution is 2.50. The van der Waals surface area contributed by atoms with Crippen molar-refractivity contribution >= 4 is 50.3 Å². The zero-order valence-electron chi connectivity index (χ0n) is 25.8. The van der Waals surface area contributed by atoms with Gasteiger partial charge < -0.3 is 4.90 Å². The third-order valence-corrected chi connectivity index (χ3v) is 9.42. The fourth-order valence-electron chi connectivity index (χ4n) is 7.26. The van der Waals surface area contributed by atoms with Gasteiger partial charge in [0.25, 0.3) is 0 Å². The minimum atomic E-state index is 1.13. The molecule has 1 heterocycles. The molecule has 0 aromatic heterocycles. The van der Waals surface area contributed by atoms with Crippen molar-refractivity contribution in [2.75, 3.05) is 4.90 Å². The van der Waals surface area contributed by atoms with Crippen LogP contribution in [0.1, 0.15) is 16.7 Å². The second-order valence-electron chi connectivity index (χ2n) is 12.1. The first-order chi connectivity index (χ1) is 23.3. The Labute approximate surface area is 275 Å². The van der Waals surface area contributed by atoms with Crippen molar-refractivity contribution in [3.63, 3.8) is 0 Å². The van der Waals surface area contributed by atoms with E-state index in [1.807, 2.05) is 0 Å². The van der Waals surface area contributed by atoms with Crippen molar-refractivity contribution in [1.82, 2.24) is 0 Å². The Bertz CT molecular complexity index is 2310. The summed E-state index contributed by atoms with van der Waals surface area (Å²) in [5.74, 6) is 0. The van der Waals surface area contributed by atoms with E-state index in [4.69, 9.17) is 0 Å². The minimum absolute atomic E-state index is 1.13. The highest BCUT2D eigenvalue weighted by Gasteiger charge is 2.25. The molecule has 0 saturated heterocycles. The first-order valence-corrected chi connectivity index (χ1v) is 16.2. The number of benzene rings is 8. The van der Waals surface area contributed by atoms with E-state index < -0.39 is 0 Å². The monoisotopic (exact) mass is 597 g/mol. The summed E-state index contributed by atoms with van der Waals surface area (Å²) in [5.41, 5.74) is 13.3. The van der Waals surface area contributed by atoms with E-state index in [1.165, 1.54) is 71.9 Å². The van der Waals surface area contributed by atoms with Crippen LogP contribution in [0.4, 0.5) is 17.1 Å². The number of para-hydroxylation sites is 2.